The fraction of sp³-hybridized carbons (Fsp3) is 0.378. The number of aliphatic hydroxyl groups excluding tert-OH is 5. The molecule has 2 saturated heterocycles. The molecule has 3 aliphatic rings. The van der Waals surface area contributed by atoms with Crippen molar-refractivity contribution < 1.29 is 79.2 Å². The maximum Gasteiger partial charge on any atom is 0.330 e. The van der Waals surface area contributed by atoms with Crippen LogP contribution in [0.2, 0.25) is 0 Å². The number of aryl methyl sites for hydroxylation is 1. The molecule has 0 aromatic heterocycles. The van der Waals surface area contributed by atoms with Crippen molar-refractivity contribution >= 4 is 18.1 Å². The number of rotatable bonds is 9. The molecular formula is C37H40O16. The van der Waals surface area contributed by atoms with Gasteiger partial charge in [-0.05, 0) is 61.4 Å². The van der Waals surface area contributed by atoms with Gasteiger partial charge < -0.3 is 74.4 Å². The molecule has 3 aliphatic heterocycles. The van der Waals surface area contributed by atoms with Gasteiger partial charge in [0.05, 0.1) is 17.8 Å². The van der Waals surface area contributed by atoms with Gasteiger partial charge in [-0.1, -0.05) is 12.1 Å². The lowest BCUT2D eigenvalue weighted by Gasteiger charge is -2.41. The molecule has 10 unspecified atom stereocenters. The van der Waals surface area contributed by atoms with Gasteiger partial charge in [0.15, 0.2) is 17.6 Å². The SMILES string of the molecule is Cc1cc(C2Oc3cc(O)cc(OC4OC(C)CC(O)C4O)c3C=C2OC2OC(COC(=O)C=Cc3ccc(O)cc3)C(O)C(O)C2O)cc(O)c1O. The van der Waals surface area contributed by atoms with Gasteiger partial charge >= 0.3 is 5.97 Å². The molecule has 10 atom stereocenters. The number of phenols is 4. The van der Waals surface area contributed by atoms with Gasteiger partial charge in [-0.25, -0.2) is 4.79 Å². The Bertz CT molecular complexity index is 1830. The highest BCUT2D eigenvalue weighted by Crippen LogP contribution is 2.47. The van der Waals surface area contributed by atoms with Crippen molar-refractivity contribution in [2.75, 3.05) is 6.61 Å². The molecular weight excluding hydrogens is 700 g/mol. The average Bonchev–Trinajstić information content (AvgIpc) is 3.11. The summed E-state index contributed by atoms with van der Waals surface area (Å²) in [6.07, 6.45) is -10.1. The second-order valence-electron chi connectivity index (χ2n) is 13.0. The highest BCUT2D eigenvalue weighted by molar-refractivity contribution is 5.87. The van der Waals surface area contributed by atoms with E-state index in [4.69, 9.17) is 28.4 Å². The van der Waals surface area contributed by atoms with E-state index in [2.05, 4.69) is 0 Å². The molecule has 0 radical (unpaired) electrons. The van der Waals surface area contributed by atoms with Crippen LogP contribution in [0.5, 0.6) is 34.5 Å². The third kappa shape index (κ3) is 8.29. The number of esters is 1. The molecule has 0 bridgehead atoms. The van der Waals surface area contributed by atoms with Crippen molar-refractivity contribution in [3.8, 4) is 34.5 Å². The van der Waals surface area contributed by atoms with E-state index in [1.54, 1.807) is 19.1 Å². The van der Waals surface area contributed by atoms with Gasteiger partial charge in [0.1, 0.15) is 65.9 Å². The van der Waals surface area contributed by atoms with Gasteiger partial charge in [-0.3, -0.25) is 0 Å². The average molecular weight is 741 g/mol. The fourth-order valence-electron chi connectivity index (χ4n) is 6.09. The Labute approximate surface area is 302 Å². The minimum Gasteiger partial charge on any atom is -0.508 e. The number of aliphatic hydroxyl groups is 5. The molecule has 2 fully saturated rings. The van der Waals surface area contributed by atoms with Crippen molar-refractivity contribution in [2.24, 2.45) is 0 Å². The molecule has 3 heterocycles. The molecule has 284 valence electrons. The van der Waals surface area contributed by atoms with E-state index in [0.717, 1.165) is 6.08 Å². The van der Waals surface area contributed by atoms with E-state index in [1.807, 2.05) is 0 Å². The van der Waals surface area contributed by atoms with Crippen LogP contribution in [0, 0.1) is 6.92 Å². The summed E-state index contributed by atoms with van der Waals surface area (Å²) in [4.78, 5) is 12.5. The molecule has 0 aliphatic carbocycles. The number of fused-ring (bicyclic) bond motifs is 1. The maximum atomic E-state index is 12.5. The first-order chi connectivity index (χ1) is 25.2. The summed E-state index contributed by atoms with van der Waals surface area (Å²) in [7, 11) is 0. The monoisotopic (exact) mass is 740 g/mol. The van der Waals surface area contributed by atoms with E-state index in [1.165, 1.54) is 55.5 Å². The van der Waals surface area contributed by atoms with Crippen LogP contribution < -0.4 is 9.47 Å². The summed E-state index contributed by atoms with van der Waals surface area (Å²) >= 11 is 0. The highest BCUT2D eigenvalue weighted by Gasteiger charge is 2.47. The zero-order valence-electron chi connectivity index (χ0n) is 28.4. The predicted molar refractivity (Wildman–Crippen MR) is 181 cm³/mol. The van der Waals surface area contributed by atoms with E-state index >= 15 is 0 Å². The summed E-state index contributed by atoms with van der Waals surface area (Å²) in [5, 5.41) is 94.0. The second-order valence-corrected chi connectivity index (χ2v) is 13.0. The smallest absolute Gasteiger partial charge is 0.330 e. The zero-order valence-corrected chi connectivity index (χ0v) is 28.4. The second kappa shape index (κ2) is 15.5. The van der Waals surface area contributed by atoms with E-state index in [0.29, 0.717) is 5.56 Å². The van der Waals surface area contributed by atoms with Crippen LogP contribution in [0.3, 0.4) is 0 Å². The Hall–Kier alpha value is -5.07. The standard InChI is InChI=1S/C37H40O16/c1-16-9-19(11-24(41)30(16)43)35-27(14-22-25(50-35)12-21(39)13-26(22)51-36-31(44)23(40)10-17(2)49-36)52-37-34(47)33(46)32(45)28(53-37)15-48-29(42)8-5-18-3-6-20(38)7-4-18/h3-9,11-14,17,23,28,31-41,43-47H,10,15H2,1-2H3. The van der Waals surface area contributed by atoms with Crippen LogP contribution in [0.4, 0.5) is 0 Å². The first kappa shape index (κ1) is 37.7. The molecule has 53 heavy (non-hydrogen) atoms. The largest absolute Gasteiger partial charge is 0.508 e. The lowest BCUT2D eigenvalue weighted by molar-refractivity contribution is -0.294. The van der Waals surface area contributed by atoms with Crippen LogP contribution in [-0.2, 0) is 23.7 Å². The molecule has 0 saturated carbocycles. The molecule has 16 heteroatoms. The van der Waals surface area contributed by atoms with Gasteiger partial charge in [0.2, 0.25) is 12.6 Å². The van der Waals surface area contributed by atoms with Crippen LogP contribution in [0.1, 0.15) is 41.7 Å². The van der Waals surface area contributed by atoms with E-state index in [-0.39, 0.29) is 57.6 Å². The number of carbonyl (C=O) groups excluding carboxylic acids is 1. The molecule has 3 aromatic carbocycles. The van der Waals surface area contributed by atoms with Crippen LogP contribution in [0.25, 0.3) is 12.2 Å². The number of hydrogen-bond acceptors (Lipinski definition) is 16. The Morgan fingerprint density at radius 1 is 0.849 bits per heavy atom. The molecule has 3 aromatic rings. The third-order valence-corrected chi connectivity index (χ3v) is 8.96. The number of carbonyl (C=O) groups is 1. The van der Waals surface area contributed by atoms with Crippen molar-refractivity contribution in [1.29, 1.82) is 0 Å². The topological polar surface area (TPSA) is 255 Å². The van der Waals surface area contributed by atoms with Crippen LogP contribution >= 0.6 is 0 Å². The Kier molecular flexibility index (Phi) is 11.0. The van der Waals surface area contributed by atoms with Crippen LogP contribution in [-0.4, -0.2) is 114 Å². The van der Waals surface area contributed by atoms with Crippen molar-refractivity contribution in [3.63, 3.8) is 0 Å². The van der Waals surface area contributed by atoms with Gasteiger partial charge in [0.25, 0.3) is 0 Å². The molecule has 16 nitrogen and oxygen atoms in total. The summed E-state index contributed by atoms with van der Waals surface area (Å²) in [6, 6.07) is 11.2. The first-order valence-electron chi connectivity index (χ1n) is 16.6. The minimum absolute atomic E-state index is 0.0344. The van der Waals surface area contributed by atoms with Gasteiger partial charge in [-0.2, -0.15) is 0 Å². The molecule has 9 N–H and O–H groups in total. The predicted octanol–water partition coefficient (Wildman–Crippen LogP) is 1.61. The quantitative estimate of drug-likeness (QED) is 0.0858. The molecule has 0 amide bonds. The number of hydrogen-bond donors (Lipinski definition) is 9. The summed E-state index contributed by atoms with van der Waals surface area (Å²) in [5.74, 6) is -2.10. The van der Waals surface area contributed by atoms with Gasteiger partial charge in [-0.15, -0.1) is 0 Å². The van der Waals surface area contributed by atoms with E-state index < -0.39 is 79.7 Å². The number of phenolic OH excluding ortho intramolecular Hbond substituents is 4. The Morgan fingerprint density at radius 2 is 1.57 bits per heavy atom. The van der Waals surface area contributed by atoms with E-state index in [9.17, 15) is 50.8 Å². The normalized spacial score (nSPS) is 29.8. The summed E-state index contributed by atoms with van der Waals surface area (Å²) in [6.45, 7) is 2.64. The zero-order chi connectivity index (χ0) is 38.1. The highest BCUT2D eigenvalue weighted by atomic mass is 16.7. The third-order valence-electron chi connectivity index (χ3n) is 8.96. The molecule has 0 spiro atoms. The van der Waals surface area contributed by atoms with Crippen molar-refractivity contribution in [3.05, 3.63) is 82.6 Å². The van der Waals surface area contributed by atoms with Crippen molar-refractivity contribution in [1.82, 2.24) is 0 Å². The lowest BCUT2D eigenvalue weighted by atomic mass is 9.97. The molecule has 6 rings (SSSR count). The van der Waals surface area contributed by atoms with Crippen molar-refractivity contribution in [2.45, 2.75) is 81.7 Å². The number of ether oxygens (including phenoxy) is 6. The maximum absolute atomic E-state index is 12.5. The minimum atomic E-state index is -1.85. The van der Waals surface area contributed by atoms with Crippen LogP contribution in [0.15, 0.2) is 60.4 Å². The Morgan fingerprint density at radius 3 is 2.28 bits per heavy atom. The Balaban J connectivity index is 1.29. The first-order valence-corrected chi connectivity index (χ1v) is 16.6. The number of aromatic hydroxyl groups is 4. The summed E-state index contributed by atoms with van der Waals surface area (Å²) in [5.41, 5.74) is 1.24. The van der Waals surface area contributed by atoms with Gasteiger partial charge in [0, 0.05) is 30.2 Å². The number of benzene rings is 3. The fourth-order valence-corrected chi connectivity index (χ4v) is 6.09. The summed E-state index contributed by atoms with van der Waals surface area (Å²) < 4.78 is 35.0. The lowest BCUT2D eigenvalue weighted by Crippen LogP contribution is -2.59.